The zero-order chi connectivity index (χ0) is 29.2. The Hall–Kier alpha value is -4.18. The smallest absolute Gasteiger partial charge is 0.416 e. The molecule has 4 aromatic rings. The molecule has 0 atom stereocenters. The largest absolute Gasteiger partial charge is 0.491 e. The van der Waals surface area contributed by atoms with E-state index in [0.29, 0.717) is 22.3 Å². The lowest BCUT2D eigenvalue weighted by molar-refractivity contribution is -0.152. The fourth-order valence-corrected chi connectivity index (χ4v) is 4.14. The van der Waals surface area contributed by atoms with Crippen LogP contribution in [0.5, 0.6) is 17.2 Å². The molecule has 0 saturated carbocycles. The monoisotopic (exact) mass is 574 g/mol. The van der Waals surface area contributed by atoms with E-state index in [1.165, 1.54) is 12.1 Å². The quantitative estimate of drug-likeness (QED) is 0.229. The van der Waals surface area contributed by atoms with E-state index in [-0.39, 0.29) is 28.3 Å². The normalized spacial score (nSPS) is 11.7. The third-order valence-corrected chi connectivity index (χ3v) is 6.07. The summed E-state index contributed by atoms with van der Waals surface area (Å²) in [6.07, 6.45) is -4.50. The van der Waals surface area contributed by atoms with Crippen molar-refractivity contribution in [2.24, 2.45) is 5.92 Å². The van der Waals surface area contributed by atoms with Crippen molar-refractivity contribution >= 4 is 34.4 Å². The summed E-state index contributed by atoms with van der Waals surface area (Å²) in [5, 5.41) is 0.474. The molecule has 210 valence electrons. The Labute approximate surface area is 233 Å². The Morgan fingerprint density at radius 3 is 2.05 bits per heavy atom. The average Bonchev–Trinajstić information content (AvgIpc) is 3.18. The number of halogens is 4. The van der Waals surface area contributed by atoms with E-state index in [9.17, 15) is 22.8 Å². The second kappa shape index (κ2) is 11.5. The summed E-state index contributed by atoms with van der Waals surface area (Å²) in [7, 11) is 0. The number of hydroxylamine groups is 1. The van der Waals surface area contributed by atoms with E-state index >= 15 is 0 Å². The highest BCUT2D eigenvalue weighted by atomic mass is 35.5. The number of aromatic nitrogens is 1. The molecule has 0 aliphatic carbocycles. The van der Waals surface area contributed by atoms with Gasteiger partial charge in [0.1, 0.15) is 22.9 Å². The molecule has 0 spiro atoms. The van der Waals surface area contributed by atoms with E-state index in [2.05, 4.69) is 5.48 Å². The Morgan fingerprint density at radius 2 is 1.48 bits per heavy atom. The van der Waals surface area contributed by atoms with Crippen LogP contribution in [0.25, 0.3) is 16.6 Å². The minimum atomic E-state index is -4.46. The fraction of sp³-hybridized carbons (Fsp3) is 0.241. The molecule has 0 saturated heterocycles. The van der Waals surface area contributed by atoms with E-state index in [4.69, 9.17) is 25.9 Å². The lowest BCUT2D eigenvalue weighted by Crippen LogP contribution is -2.30. The Kier molecular flexibility index (Phi) is 8.29. The van der Waals surface area contributed by atoms with E-state index in [1.807, 2.05) is 13.8 Å². The second-order valence-corrected chi connectivity index (χ2v) is 9.85. The number of hydrogen-bond acceptors (Lipinski definition) is 5. The molecule has 1 amide bonds. The first-order valence-corrected chi connectivity index (χ1v) is 12.7. The van der Waals surface area contributed by atoms with Crippen LogP contribution in [0.4, 0.5) is 13.2 Å². The number of nitrogens with one attached hydrogen (secondary N) is 1. The van der Waals surface area contributed by atoms with Crippen molar-refractivity contribution in [1.82, 2.24) is 10.0 Å². The summed E-state index contributed by atoms with van der Waals surface area (Å²) in [6.45, 7) is 7.05. The molecule has 0 unspecified atom stereocenters. The first-order valence-electron chi connectivity index (χ1n) is 12.3. The number of benzene rings is 3. The highest BCUT2D eigenvalue weighted by molar-refractivity contribution is 6.39. The SMILES string of the molecule is CC(C)Oc1ccc(-n2c(C(=O)NOC(=O)C(C)C)c(Cl)c3cc(Oc4ccc(C(F)(F)F)cc4)ccc32)cc1. The molecule has 0 aliphatic rings. The molecule has 7 nitrogen and oxygen atoms in total. The van der Waals surface area contributed by atoms with Gasteiger partial charge in [-0.1, -0.05) is 25.4 Å². The summed E-state index contributed by atoms with van der Waals surface area (Å²) in [4.78, 5) is 30.1. The molecule has 1 heterocycles. The highest BCUT2D eigenvalue weighted by Gasteiger charge is 2.30. The maximum Gasteiger partial charge on any atom is 0.416 e. The van der Waals surface area contributed by atoms with E-state index < -0.39 is 29.5 Å². The molecule has 1 aromatic heterocycles. The maximum atomic E-state index is 13.2. The summed E-state index contributed by atoms with van der Waals surface area (Å²) in [6, 6.07) is 16.1. The van der Waals surface area contributed by atoms with Crippen LogP contribution in [0.3, 0.4) is 0 Å². The zero-order valence-corrected chi connectivity index (χ0v) is 22.8. The first kappa shape index (κ1) is 28.8. The van der Waals surface area contributed by atoms with Gasteiger partial charge < -0.3 is 18.9 Å². The van der Waals surface area contributed by atoms with Gasteiger partial charge in [0.25, 0.3) is 0 Å². The van der Waals surface area contributed by atoms with Gasteiger partial charge in [0, 0.05) is 11.1 Å². The van der Waals surface area contributed by atoms with Gasteiger partial charge in [-0.15, -0.1) is 0 Å². The standard InChI is InChI=1S/C29H26ClF3N2O5/c1-16(2)28(37)40-34-27(36)26-25(30)23-15-22(39-21-9-5-18(6-10-21)29(31,32)33)13-14-24(23)35(26)19-7-11-20(12-8-19)38-17(3)4/h5-17H,1-4H3,(H,34,36). The number of fused-ring (bicyclic) bond motifs is 1. The number of hydrogen-bond donors (Lipinski definition) is 1. The molecule has 3 aromatic carbocycles. The molecular formula is C29H26ClF3N2O5. The van der Waals surface area contributed by atoms with Crippen molar-refractivity contribution < 1.29 is 37.1 Å². The Morgan fingerprint density at radius 1 is 0.875 bits per heavy atom. The summed E-state index contributed by atoms with van der Waals surface area (Å²) >= 11 is 6.70. The molecular weight excluding hydrogens is 549 g/mol. The molecule has 0 bridgehead atoms. The van der Waals surface area contributed by atoms with Crippen LogP contribution in [-0.2, 0) is 15.8 Å². The van der Waals surface area contributed by atoms with Crippen molar-refractivity contribution in [1.29, 1.82) is 0 Å². The van der Waals surface area contributed by atoms with Crippen LogP contribution < -0.4 is 15.0 Å². The van der Waals surface area contributed by atoms with Crippen LogP contribution >= 0.6 is 11.6 Å². The highest BCUT2D eigenvalue weighted by Crippen LogP contribution is 2.37. The van der Waals surface area contributed by atoms with Crippen molar-refractivity contribution in [2.75, 3.05) is 0 Å². The van der Waals surface area contributed by atoms with Gasteiger partial charge >= 0.3 is 18.1 Å². The van der Waals surface area contributed by atoms with Gasteiger partial charge in [-0.3, -0.25) is 4.79 Å². The number of carbonyl (C=O) groups is 2. The molecule has 11 heteroatoms. The number of rotatable bonds is 7. The second-order valence-electron chi connectivity index (χ2n) is 9.47. The van der Waals surface area contributed by atoms with Crippen LogP contribution in [-0.4, -0.2) is 22.5 Å². The van der Waals surface area contributed by atoms with Gasteiger partial charge in [-0.05, 0) is 80.6 Å². The van der Waals surface area contributed by atoms with Gasteiger partial charge in [0.05, 0.1) is 28.1 Å². The lowest BCUT2D eigenvalue weighted by atomic mass is 10.2. The number of nitrogens with zero attached hydrogens (tertiary/aromatic N) is 1. The number of carbonyl (C=O) groups excluding carboxylic acids is 2. The maximum absolute atomic E-state index is 13.2. The predicted octanol–water partition coefficient (Wildman–Crippen LogP) is 7.73. The van der Waals surface area contributed by atoms with Crippen molar-refractivity contribution in [3.63, 3.8) is 0 Å². The van der Waals surface area contributed by atoms with Crippen LogP contribution in [0, 0.1) is 5.92 Å². The van der Waals surface area contributed by atoms with Gasteiger partial charge in [0.15, 0.2) is 0 Å². The number of alkyl halides is 3. The first-order chi connectivity index (χ1) is 18.8. The Bertz CT molecular complexity index is 1530. The van der Waals surface area contributed by atoms with E-state index in [0.717, 1.165) is 12.1 Å². The van der Waals surface area contributed by atoms with Crippen molar-refractivity contribution in [3.8, 4) is 22.9 Å². The molecule has 4 rings (SSSR count). The summed E-state index contributed by atoms with van der Waals surface area (Å²) in [5.74, 6) is -0.768. The van der Waals surface area contributed by atoms with Crippen LogP contribution in [0.15, 0.2) is 66.7 Å². The van der Waals surface area contributed by atoms with E-state index in [1.54, 1.807) is 60.9 Å². The molecule has 0 fully saturated rings. The molecule has 1 N–H and O–H groups in total. The number of ether oxygens (including phenoxy) is 2. The van der Waals surface area contributed by atoms with Crippen LogP contribution in [0.2, 0.25) is 5.02 Å². The minimum Gasteiger partial charge on any atom is -0.491 e. The van der Waals surface area contributed by atoms with Crippen LogP contribution in [0.1, 0.15) is 43.7 Å². The van der Waals surface area contributed by atoms with Crippen molar-refractivity contribution in [2.45, 2.75) is 40.0 Å². The third kappa shape index (κ3) is 6.34. The third-order valence-electron chi connectivity index (χ3n) is 5.69. The van der Waals surface area contributed by atoms with Crippen molar-refractivity contribution in [3.05, 3.63) is 83.0 Å². The predicted molar refractivity (Wildman–Crippen MR) is 144 cm³/mol. The average molecular weight is 575 g/mol. The summed E-state index contributed by atoms with van der Waals surface area (Å²) in [5.41, 5.74) is 2.46. The van der Waals surface area contributed by atoms with Gasteiger partial charge in [0.2, 0.25) is 0 Å². The minimum absolute atomic E-state index is 0.00238. The van der Waals surface area contributed by atoms with Gasteiger partial charge in [-0.2, -0.15) is 18.7 Å². The van der Waals surface area contributed by atoms with Gasteiger partial charge in [-0.25, -0.2) is 4.79 Å². The fourth-order valence-electron chi connectivity index (χ4n) is 3.82. The number of amides is 1. The Balaban J connectivity index is 1.75. The molecule has 0 aliphatic heterocycles. The lowest BCUT2D eigenvalue weighted by Gasteiger charge is -2.14. The molecule has 0 radical (unpaired) electrons. The zero-order valence-electron chi connectivity index (χ0n) is 22.0. The topological polar surface area (TPSA) is 78.8 Å². The summed E-state index contributed by atoms with van der Waals surface area (Å²) < 4.78 is 51.8. The molecule has 40 heavy (non-hydrogen) atoms.